The van der Waals surface area contributed by atoms with Crippen molar-refractivity contribution in [3.63, 3.8) is 0 Å². The summed E-state index contributed by atoms with van der Waals surface area (Å²) < 4.78 is 6.11. The lowest BCUT2D eigenvalue weighted by Gasteiger charge is -2.41. The third-order valence-electron chi connectivity index (χ3n) is 3.30. The second kappa shape index (κ2) is 3.95. The summed E-state index contributed by atoms with van der Waals surface area (Å²) in [4.78, 5) is 0. The molecule has 0 bridgehead atoms. The molecule has 0 spiro atoms. The lowest BCUT2D eigenvalue weighted by atomic mass is 9.92. The predicted molar refractivity (Wildman–Crippen MR) is 61.8 cm³/mol. The molecule has 1 heterocycles. The van der Waals surface area contributed by atoms with Crippen molar-refractivity contribution < 1.29 is 4.74 Å². The molecule has 0 aromatic heterocycles. The number of ether oxygens (including phenoxy) is 1. The van der Waals surface area contributed by atoms with Crippen LogP contribution in [0.1, 0.15) is 26.3 Å². The third-order valence-corrected chi connectivity index (χ3v) is 3.30. The van der Waals surface area contributed by atoms with E-state index in [0.717, 1.165) is 6.54 Å². The van der Waals surface area contributed by atoms with Gasteiger partial charge in [-0.25, -0.2) is 0 Å². The SMILES string of the molecule is CC1NCC(C)(c2ccccc2)OC1C. The van der Waals surface area contributed by atoms with Crippen LogP contribution in [-0.4, -0.2) is 18.7 Å². The van der Waals surface area contributed by atoms with Crippen LogP contribution in [0, 0.1) is 0 Å². The Labute approximate surface area is 91.6 Å². The van der Waals surface area contributed by atoms with Gasteiger partial charge in [0.2, 0.25) is 0 Å². The zero-order valence-electron chi connectivity index (χ0n) is 9.66. The van der Waals surface area contributed by atoms with Crippen LogP contribution >= 0.6 is 0 Å². The fraction of sp³-hybridized carbons (Fsp3) is 0.538. The minimum atomic E-state index is -0.187. The van der Waals surface area contributed by atoms with Gasteiger partial charge in [0.25, 0.3) is 0 Å². The van der Waals surface area contributed by atoms with Gasteiger partial charge in [-0.15, -0.1) is 0 Å². The first kappa shape index (κ1) is 10.7. The van der Waals surface area contributed by atoms with E-state index < -0.39 is 0 Å². The van der Waals surface area contributed by atoms with Gasteiger partial charge in [0.05, 0.1) is 6.10 Å². The van der Waals surface area contributed by atoms with Crippen LogP contribution in [0.15, 0.2) is 30.3 Å². The Balaban J connectivity index is 2.21. The van der Waals surface area contributed by atoms with E-state index in [-0.39, 0.29) is 11.7 Å². The van der Waals surface area contributed by atoms with Gasteiger partial charge in [0.15, 0.2) is 0 Å². The standard InChI is InChI=1S/C13H19NO/c1-10-11(2)15-13(3,9-14-10)12-7-5-4-6-8-12/h4-8,10-11,14H,9H2,1-3H3. The minimum absolute atomic E-state index is 0.187. The van der Waals surface area contributed by atoms with Crippen molar-refractivity contribution in [3.8, 4) is 0 Å². The molecular formula is C13H19NO. The molecule has 0 aliphatic carbocycles. The van der Waals surface area contributed by atoms with Gasteiger partial charge in [-0.05, 0) is 26.3 Å². The zero-order valence-corrected chi connectivity index (χ0v) is 9.66. The van der Waals surface area contributed by atoms with Crippen LogP contribution < -0.4 is 5.32 Å². The van der Waals surface area contributed by atoms with E-state index in [1.807, 2.05) is 6.07 Å². The van der Waals surface area contributed by atoms with Gasteiger partial charge >= 0.3 is 0 Å². The first-order valence-corrected chi connectivity index (χ1v) is 5.58. The molecule has 0 radical (unpaired) electrons. The van der Waals surface area contributed by atoms with Gasteiger partial charge in [-0.3, -0.25) is 0 Å². The van der Waals surface area contributed by atoms with Gasteiger partial charge in [0.1, 0.15) is 5.60 Å². The molecule has 0 amide bonds. The summed E-state index contributed by atoms with van der Waals surface area (Å²) in [5.74, 6) is 0. The van der Waals surface area contributed by atoms with Crippen molar-refractivity contribution in [1.82, 2.24) is 5.32 Å². The predicted octanol–water partition coefficient (Wildman–Crippen LogP) is 2.30. The topological polar surface area (TPSA) is 21.3 Å². The van der Waals surface area contributed by atoms with Crippen LogP contribution in [0.2, 0.25) is 0 Å². The smallest absolute Gasteiger partial charge is 0.103 e. The summed E-state index contributed by atoms with van der Waals surface area (Å²) in [7, 11) is 0. The van der Waals surface area contributed by atoms with E-state index in [0.29, 0.717) is 6.04 Å². The highest BCUT2D eigenvalue weighted by atomic mass is 16.5. The molecule has 3 unspecified atom stereocenters. The van der Waals surface area contributed by atoms with Gasteiger partial charge < -0.3 is 10.1 Å². The summed E-state index contributed by atoms with van der Waals surface area (Å²) in [5.41, 5.74) is 1.06. The molecule has 0 saturated carbocycles. The molecule has 2 heteroatoms. The molecular weight excluding hydrogens is 186 g/mol. The summed E-state index contributed by atoms with van der Waals surface area (Å²) in [6.45, 7) is 7.31. The molecule has 15 heavy (non-hydrogen) atoms. The molecule has 82 valence electrons. The van der Waals surface area contributed by atoms with Crippen LogP contribution in [-0.2, 0) is 10.3 Å². The van der Waals surface area contributed by atoms with Crippen LogP contribution in [0.25, 0.3) is 0 Å². The number of benzene rings is 1. The molecule has 1 aliphatic heterocycles. The van der Waals surface area contributed by atoms with E-state index in [1.165, 1.54) is 5.56 Å². The largest absolute Gasteiger partial charge is 0.365 e. The van der Waals surface area contributed by atoms with E-state index in [2.05, 4.69) is 50.4 Å². The lowest BCUT2D eigenvalue weighted by Crippen LogP contribution is -2.54. The van der Waals surface area contributed by atoms with E-state index in [4.69, 9.17) is 4.74 Å². The zero-order chi connectivity index (χ0) is 10.9. The second-order valence-corrected chi connectivity index (χ2v) is 4.59. The number of hydrogen-bond donors (Lipinski definition) is 1. The summed E-state index contributed by atoms with van der Waals surface area (Å²) >= 11 is 0. The number of morpholine rings is 1. The molecule has 1 fully saturated rings. The summed E-state index contributed by atoms with van der Waals surface area (Å²) in [5, 5.41) is 3.50. The van der Waals surface area contributed by atoms with Crippen molar-refractivity contribution in [2.45, 2.75) is 38.5 Å². The van der Waals surface area contributed by atoms with Crippen molar-refractivity contribution in [1.29, 1.82) is 0 Å². The molecule has 2 nitrogen and oxygen atoms in total. The van der Waals surface area contributed by atoms with Crippen molar-refractivity contribution in [2.24, 2.45) is 0 Å². The number of nitrogens with one attached hydrogen (secondary N) is 1. The van der Waals surface area contributed by atoms with E-state index in [9.17, 15) is 0 Å². The summed E-state index contributed by atoms with van der Waals surface area (Å²) in [6, 6.07) is 10.9. The molecule has 2 rings (SSSR count). The second-order valence-electron chi connectivity index (χ2n) is 4.59. The van der Waals surface area contributed by atoms with Crippen molar-refractivity contribution in [2.75, 3.05) is 6.54 Å². The van der Waals surface area contributed by atoms with E-state index >= 15 is 0 Å². The van der Waals surface area contributed by atoms with Crippen LogP contribution in [0.4, 0.5) is 0 Å². The Morgan fingerprint density at radius 2 is 1.93 bits per heavy atom. The van der Waals surface area contributed by atoms with Crippen LogP contribution in [0.3, 0.4) is 0 Å². The molecule has 1 aromatic rings. The molecule has 3 atom stereocenters. The van der Waals surface area contributed by atoms with Gasteiger partial charge in [0, 0.05) is 12.6 Å². The first-order chi connectivity index (χ1) is 7.12. The summed E-state index contributed by atoms with van der Waals surface area (Å²) in [6.07, 6.45) is 0.254. The van der Waals surface area contributed by atoms with Crippen molar-refractivity contribution in [3.05, 3.63) is 35.9 Å². The van der Waals surface area contributed by atoms with Gasteiger partial charge in [-0.1, -0.05) is 30.3 Å². The molecule has 1 aromatic carbocycles. The third kappa shape index (κ3) is 2.06. The van der Waals surface area contributed by atoms with Crippen molar-refractivity contribution >= 4 is 0 Å². The number of rotatable bonds is 1. The maximum Gasteiger partial charge on any atom is 0.103 e. The normalized spacial score (nSPS) is 36.5. The highest BCUT2D eigenvalue weighted by molar-refractivity contribution is 5.23. The minimum Gasteiger partial charge on any atom is -0.365 e. The number of hydrogen-bond acceptors (Lipinski definition) is 2. The first-order valence-electron chi connectivity index (χ1n) is 5.58. The highest BCUT2D eigenvalue weighted by Crippen LogP contribution is 2.29. The maximum atomic E-state index is 6.11. The van der Waals surface area contributed by atoms with E-state index in [1.54, 1.807) is 0 Å². The monoisotopic (exact) mass is 205 g/mol. The average molecular weight is 205 g/mol. The Kier molecular flexibility index (Phi) is 2.81. The Bertz CT molecular complexity index is 325. The molecule has 1 N–H and O–H groups in total. The highest BCUT2D eigenvalue weighted by Gasteiger charge is 2.35. The fourth-order valence-electron chi connectivity index (χ4n) is 2.04. The Morgan fingerprint density at radius 1 is 1.27 bits per heavy atom. The fourth-order valence-corrected chi connectivity index (χ4v) is 2.04. The van der Waals surface area contributed by atoms with Gasteiger partial charge in [-0.2, -0.15) is 0 Å². The molecule has 1 aliphatic rings. The average Bonchev–Trinajstić information content (AvgIpc) is 2.26. The Morgan fingerprint density at radius 3 is 2.53 bits per heavy atom. The van der Waals surface area contributed by atoms with Crippen LogP contribution in [0.5, 0.6) is 0 Å². The molecule has 1 saturated heterocycles. The quantitative estimate of drug-likeness (QED) is 0.759. The maximum absolute atomic E-state index is 6.11. The Hall–Kier alpha value is -0.860. The lowest BCUT2D eigenvalue weighted by molar-refractivity contribution is -0.120.